The number of hydrogen-bond donors (Lipinski definition) is 3. The normalized spacial score (nSPS) is 19.2. The Balaban J connectivity index is 2.30. The molecule has 2 rings (SSSR count). The number of nitrogens with zero attached hydrogens (tertiary/aromatic N) is 3. The number of ether oxygens (including phenoxy) is 2. The molecular weight excluding hydrogens is 714 g/mol. The first-order valence-electron chi connectivity index (χ1n) is 20.3. The molecule has 13 heteroatoms. The van der Waals surface area contributed by atoms with Crippen LogP contribution in [0.4, 0.5) is 0 Å². The Morgan fingerprint density at radius 1 is 0.911 bits per heavy atom. The molecule has 1 aliphatic heterocycles. The summed E-state index contributed by atoms with van der Waals surface area (Å²) < 4.78 is 11.9. The van der Waals surface area contributed by atoms with E-state index in [1.54, 1.807) is 30.9 Å². The van der Waals surface area contributed by atoms with Crippen LogP contribution in [0.1, 0.15) is 100 Å². The number of amides is 4. The van der Waals surface area contributed by atoms with E-state index in [0.717, 1.165) is 5.56 Å². The van der Waals surface area contributed by atoms with E-state index in [2.05, 4.69) is 31.4 Å². The number of methoxy groups -OCH3 is 2. The molecule has 1 aromatic carbocycles. The lowest BCUT2D eigenvalue weighted by Crippen LogP contribution is -2.61. The Morgan fingerprint density at radius 3 is 2.00 bits per heavy atom. The van der Waals surface area contributed by atoms with Gasteiger partial charge in [0.25, 0.3) is 0 Å². The van der Waals surface area contributed by atoms with E-state index in [9.17, 15) is 29.1 Å². The second-order valence-corrected chi connectivity index (χ2v) is 17.4. The Morgan fingerprint density at radius 2 is 1.52 bits per heavy atom. The van der Waals surface area contributed by atoms with Gasteiger partial charge < -0.3 is 35.0 Å². The van der Waals surface area contributed by atoms with Crippen molar-refractivity contribution in [3.8, 4) is 0 Å². The summed E-state index contributed by atoms with van der Waals surface area (Å²) in [7, 11) is 6.70. The third-order valence-corrected chi connectivity index (χ3v) is 11.8. The van der Waals surface area contributed by atoms with Crippen molar-refractivity contribution in [2.24, 2.45) is 23.7 Å². The van der Waals surface area contributed by atoms with Gasteiger partial charge in [0.05, 0.1) is 42.7 Å². The number of likely N-dealkylation sites (tertiary alicyclic amines) is 1. The van der Waals surface area contributed by atoms with Crippen LogP contribution < -0.4 is 10.6 Å². The maximum atomic E-state index is 14.4. The molecule has 1 unspecified atom stereocenters. The van der Waals surface area contributed by atoms with E-state index in [1.807, 2.05) is 83.8 Å². The van der Waals surface area contributed by atoms with Gasteiger partial charge in [0.1, 0.15) is 12.1 Å². The number of benzene rings is 1. The van der Waals surface area contributed by atoms with E-state index in [1.165, 1.54) is 7.11 Å². The van der Waals surface area contributed by atoms with Gasteiger partial charge in [-0.25, -0.2) is 4.79 Å². The summed E-state index contributed by atoms with van der Waals surface area (Å²) >= 11 is 0. The second kappa shape index (κ2) is 21.8. The van der Waals surface area contributed by atoms with Gasteiger partial charge in [0.2, 0.25) is 23.6 Å². The van der Waals surface area contributed by atoms with Crippen molar-refractivity contribution in [1.29, 1.82) is 0 Å². The Hall–Kier alpha value is -3.55. The molecule has 1 aliphatic rings. The highest BCUT2D eigenvalue weighted by Gasteiger charge is 2.44. The van der Waals surface area contributed by atoms with Crippen LogP contribution in [-0.2, 0) is 39.9 Å². The molecule has 1 aromatic rings. The number of likely N-dealkylation sites (N-methyl/N-ethyl adjacent to an activating group) is 2. The average molecular weight is 788 g/mol. The van der Waals surface area contributed by atoms with Gasteiger partial charge in [-0.05, 0) is 64.0 Å². The molecule has 9 atom stereocenters. The van der Waals surface area contributed by atoms with Crippen LogP contribution in [0.15, 0.2) is 30.3 Å². The molecule has 0 radical (unpaired) electrons. The molecule has 0 aliphatic carbocycles. The number of hydrogen-bond acceptors (Lipinski definition) is 8. The lowest BCUT2D eigenvalue weighted by molar-refractivity contribution is -0.148. The fraction of sp³-hybridized carbons (Fsp3) is 0.744. The third-order valence-electron chi connectivity index (χ3n) is 11.8. The highest BCUT2D eigenvalue weighted by Crippen LogP contribution is 2.30. The number of rotatable bonds is 21. The van der Waals surface area contributed by atoms with E-state index >= 15 is 0 Å². The first kappa shape index (κ1) is 48.6. The van der Waals surface area contributed by atoms with Crippen molar-refractivity contribution in [3.63, 3.8) is 0 Å². The highest BCUT2D eigenvalue weighted by atomic mass is 16.5. The fourth-order valence-electron chi connectivity index (χ4n) is 7.97. The van der Waals surface area contributed by atoms with Crippen LogP contribution in [-0.4, -0.2) is 132 Å². The number of nitrogens with one attached hydrogen (secondary N) is 2. The number of carboxylic acid groups (broad SMARTS) is 1. The predicted molar refractivity (Wildman–Crippen MR) is 219 cm³/mol. The van der Waals surface area contributed by atoms with Crippen LogP contribution in [0, 0.1) is 23.7 Å². The first-order chi connectivity index (χ1) is 26.1. The molecular formula is C43H73N5O8. The molecule has 1 heterocycles. The molecule has 0 bridgehead atoms. The lowest BCUT2D eigenvalue weighted by atomic mass is 9.89. The summed E-state index contributed by atoms with van der Waals surface area (Å²) in [5, 5.41) is 15.7. The van der Waals surface area contributed by atoms with Crippen LogP contribution in [0.3, 0.4) is 0 Å². The maximum absolute atomic E-state index is 14.4. The number of carboxylic acids is 1. The van der Waals surface area contributed by atoms with E-state index in [0.29, 0.717) is 25.8 Å². The minimum absolute atomic E-state index is 0.00222. The summed E-state index contributed by atoms with van der Waals surface area (Å²) in [6.45, 7) is 20.2. The molecule has 0 aromatic heterocycles. The molecule has 318 valence electrons. The van der Waals surface area contributed by atoms with E-state index in [-0.39, 0.29) is 53.9 Å². The van der Waals surface area contributed by atoms with Crippen molar-refractivity contribution in [1.82, 2.24) is 25.3 Å². The molecule has 1 fully saturated rings. The zero-order valence-electron chi connectivity index (χ0n) is 36.6. The zero-order chi connectivity index (χ0) is 42.7. The van der Waals surface area contributed by atoms with Gasteiger partial charge in [-0.3, -0.25) is 24.1 Å². The third kappa shape index (κ3) is 12.7. The van der Waals surface area contributed by atoms with Crippen molar-refractivity contribution in [2.75, 3.05) is 34.9 Å². The molecule has 0 spiro atoms. The largest absolute Gasteiger partial charge is 0.480 e. The SMILES string of the molecule is CCC(C)[C@@H]([C@@H](CC(=O)N1CCC[C@H]1[C@H](OC)[C@@H](C)C(=O)N[C@@H](Cc1ccccc1)C(=O)O)OC)N(C)C(=O)[C@@H](NC(=O)[C@H](C(C)C)N(C)C(C)(C)C)C(C)C. The van der Waals surface area contributed by atoms with Gasteiger partial charge in [-0.1, -0.05) is 85.2 Å². The minimum atomic E-state index is -1.14. The van der Waals surface area contributed by atoms with Crippen molar-refractivity contribution < 1.29 is 38.6 Å². The molecule has 3 N–H and O–H groups in total. The Kier molecular flexibility index (Phi) is 18.9. The van der Waals surface area contributed by atoms with Crippen LogP contribution in [0.25, 0.3) is 0 Å². The molecule has 4 amide bonds. The molecule has 13 nitrogen and oxygen atoms in total. The lowest BCUT2D eigenvalue weighted by Gasteiger charge is -2.42. The fourth-order valence-corrected chi connectivity index (χ4v) is 7.97. The van der Waals surface area contributed by atoms with Gasteiger partial charge in [0.15, 0.2) is 0 Å². The number of aliphatic carboxylic acids is 1. The molecule has 56 heavy (non-hydrogen) atoms. The molecule has 0 saturated carbocycles. The topological polar surface area (TPSA) is 158 Å². The minimum Gasteiger partial charge on any atom is -0.480 e. The highest BCUT2D eigenvalue weighted by molar-refractivity contribution is 5.90. The van der Waals surface area contributed by atoms with E-state index < -0.39 is 60.2 Å². The second-order valence-electron chi connectivity index (χ2n) is 17.4. The van der Waals surface area contributed by atoms with Crippen LogP contribution >= 0.6 is 0 Å². The van der Waals surface area contributed by atoms with Crippen molar-refractivity contribution in [2.45, 2.75) is 149 Å². The van der Waals surface area contributed by atoms with Crippen molar-refractivity contribution >= 4 is 29.6 Å². The number of carbonyl (C=O) groups excluding carboxylic acids is 4. The van der Waals surface area contributed by atoms with Crippen LogP contribution in [0.5, 0.6) is 0 Å². The van der Waals surface area contributed by atoms with Crippen molar-refractivity contribution in [3.05, 3.63) is 35.9 Å². The van der Waals surface area contributed by atoms with Gasteiger partial charge in [0, 0.05) is 39.8 Å². The van der Waals surface area contributed by atoms with Gasteiger partial charge in [-0.15, -0.1) is 0 Å². The smallest absolute Gasteiger partial charge is 0.326 e. The summed E-state index contributed by atoms with van der Waals surface area (Å²) in [4.78, 5) is 73.6. The quantitative estimate of drug-likeness (QED) is 0.162. The summed E-state index contributed by atoms with van der Waals surface area (Å²) in [5.41, 5.74) is 0.515. The Labute approximate surface area is 336 Å². The monoisotopic (exact) mass is 788 g/mol. The summed E-state index contributed by atoms with van der Waals surface area (Å²) in [5.74, 6) is -3.26. The summed E-state index contributed by atoms with van der Waals surface area (Å²) in [6.07, 6.45) is 0.792. The zero-order valence-corrected chi connectivity index (χ0v) is 36.6. The number of carbonyl (C=O) groups is 5. The van der Waals surface area contributed by atoms with Crippen LogP contribution in [0.2, 0.25) is 0 Å². The van der Waals surface area contributed by atoms with Gasteiger partial charge in [-0.2, -0.15) is 0 Å². The summed E-state index contributed by atoms with van der Waals surface area (Å²) in [6, 6.07) is 5.82. The van der Waals surface area contributed by atoms with Gasteiger partial charge >= 0.3 is 5.97 Å². The molecule has 1 saturated heterocycles. The maximum Gasteiger partial charge on any atom is 0.326 e. The first-order valence-corrected chi connectivity index (χ1v) is 20.3. The Bertz CT molecular complexity index is 1430. The standard InChI is InChI=1S/C43H73N5O8/c1-15-28(6)37(46(11)41(52)35(26(2)3)45-40(51)36(27(4)5)47(12)43(8,9)10)33(55-13)25-34(49)48-23-19-22-32(48)38(56-14)29(7)39(50)44-31(42(53)54)24-30-20-17-16-18-21-30/h16-18,20-21,26-29,31-33,35-38H,15,19,22-25H2,1-14H3,(H,44,50)(H,45,51)(H,53,54)/t28?,29-,31+,32+,33-,35+,36+,37+,38-/m1/s1. The average Bonchev–Trinajstić information content (AvgIpc) is 3.62. The van der Waals surface area contributed by atoms with E-state index in [4.69, 9.17) is 9.47 Å². The predicted octanol–water partition coefficient (Wildman–Crippen LogP) is 4.61.